The van der Waals surface area contributed by atoms with Crippen LogP contribution in [0.5, 0.6) is 0 Å². The van der Waals surface area contributed by atoms with Crippen LogP contribution in [0.3, 0.4) is 0 Å². The number of nitrogens with one attached hydrogen (secondary N) is 2. The summed E-state index contributed by atoms with van der Waals surface area (Å²) in [5, 5.41) is 7.31. The van der Waals surface area contributed by atoms with Crippen molar-refractivity contribution >= 4 is 23.0 Å². The summed E-state index contributed by atoms with van der Waals surface area (Å²) in [5.74, 6) is 0. The highest BCUT2D eigenvalue weighted by Crippen LogP contribution is 2.19. The summed E-state index contributed by atoms with van der Waals surface area (Å²) >= 11 is 5.38. The first-order valence-electron chi connectivity index (χ1n) is 9.10. The molecule has 1 fully saturated rings. The first-order valence-corrected chi connectivity index (χ1v) is 9.51. The second kappa shape index (κ2) is 9.89. The molecule has 1 heterocycles. The van der Waals surface area contributed by atoms with Crippen LogP contribution in [0.4, 0.5) is 5.69 Å². The molecule has 0 aromatic heterocycles. The Morgan fingerprint density at radius 3 is 2.70 bits per heavy atom. The van der Waals surface area contributed by atoms with Gasteiger partial charge in [-0.1, -0.05) is 32.4 Å². The molecule has 1 atom stereocenters. The van der Waals surface area contributed by atoms with Gasteiger partial charge in [0, 0.05) is 24.8 Å². The summed E-state index contributed by atoms with van der Waals surface area (Å²) in [6.07, 6.45) is 7.62. The van der Waals surface area contributed by atoms with Crippen molar-refractivity contribution in [3.8, 4) is 0 Å². The minimum Gasteiger partial charge on any atom is -0.362 e. The Morgan fingerprint density at radius 2 is 2.00 bits per heavy atom. The van der Waals surface area contributed by atoms with Gasteiger partial charge in [0.1, 0.15) is 0 Å². The number of nitrogens with zero attached hydrogens (tertiary/aromatic N) is 1. The van der Waals surface area contributed by atoms with Gasteiger partial charge in [-0.25, -0.2) is 0 Å². The molecule has 2 rings (SSSR count). The van der Waals surface area contributed by atoms with Crippen LogP contribution in [0.25, 0.3) is 0 Å². The average molecular weight is 334 g/mol. The molecule has 4 heteroatoms. The van der Waals surface area contributed by atoms with Gasteiger partial charge in [-0.3, -0.25) is 0 Å². The second-order valence-electron chi connectivity index (χ2n) is 6.38. The summed E-state index contributed by atoms with van der Waals surface area (Å²) in [4.78, 5) is 2.66. The number of benzene rings is 1. The highest BCUT2D eigenvalue weighted by atomic mass is 32.1. The fraction of sp³-hybridized carbons (Fsp3) is 0.632. The number of anilines is 1. The van der Waals surface area contributed by atoms with E-state index < -0.39 is 0 Å². The maximum Gasteiger partial charge on any atom is 0.170 e. The lowest BCUT2D eigenvalue weighted by molar-refractivity contribution is 0.143. The quantitative estimate of drug-likeness (QED) is 0.578. The van der Waals surface area contributed by atoms with E-state index in [1.54, 1.807) is 0 Å². The Hall–Kier alpha value is -1.13. The molecule has 128 valence electrons. The van der Waals surface area contributed by atoms with Gasteiger partial charge in [0.2, 0.25) is 0 Å². The van der Waals surface area contributed by atoms with Gasteiger partial charge >= 0.3 is 0 Å². The van der Waals surface area contributed by atoms with Crippen LogP contribution in [-0.2, 0) is 6.42 Å². The normalized spacial score (nSPS) is 18.6. The maximum absolute atomic E-state index is 5.38. The fourth-order valence-corrected chi connectivity index (χ4v) is 3.52. The van der Waals surface area contributed by atoms with Gasteiger partial charge in [0.15, 0.2) is 5.11 Å². The highest BCUT2D eigenvalue weighted by molar-refractivity contribution is 7.80. The Bertz CT molecular complexity index is 472. The molecule has 3 nitrogen and oxygen atoms in total. The molecule has 0 spiro atoms. The number of hydrogen-bond acceptors (Lipinski definition) is 2. The Labute approximate surface area is 146 Å². The van der Waals surface area contributed by atoms with Crippen molar-refractivity contribution in [2.24, 2.45) is 0 Å². The van der Waals surface area contributed by atoms with Crippen LogP contribution in [0.15, 0.2) is 24.3 Å². The van der Waals surface area contributed by atoms with E-state index in [4.69, 9.17) is 12.2 Å². The molecule has 1 aliphatic rings. The third-order valence-corrected chi connectivity index (χ3v) is 4.99. The molecule has 0 bridgehead atoms. The van der Waals surface area contributed by atoms with Crippen LogP contribution in [0, 0.1) is 0 Å². The predicted octanol–water partition coefficient (Wildman–Crippen LogP) is 4.19. The van der Waals surface area contributed by atoms with E-state index in [-0.39, 0.29) is 0 Å². The largest absolute Gasteiger partial charge is 0.362 e. The first-order chi connectivity index (χ1) is 11.2. The molecule has 1 unspecified atom stereocenters. The van der Waals surface area contributed by atoms with Crippen molar-refractivity contribution in [1.29, 1.82) is 0 Å². The van der Waals surface area contributed by atoms with E-state index in [9.17, 15) is 0 Å². The molecule has 1 aromatic rings. The number of rotatable bonds is 7. The Balaban J connectivity index is 1.64. The van der Waals surface area contributed by atoms with E-state index in [1.807, 2.05) is 0 Å². The van der Waals surface area contributed by atoms with Crippen LogP contribution >= 0.6 is 12.2 Å². The third-order valence-electron chi connectivity index (χ3n) is 4.75. The number of aryl methyl sites for hydroxylation is 1. The lowest BCUT2D eigenvalue weighted by Crippen LogP contribution is -2.40. The first kappa shape index (κ1) is 18.2. The predicted molar refractivity (Wildman–Crippen MR) is 104 cm³/mol. The molecule has 0 saturated carbocycles. The summed E-state index contributed by atoms with van der Waals surface area (Å²) in [7, 11) is 0. The van der Waals surface area contributed by atoms with Crippen LogP contribution in [-0.4, -0.2) is 35.7 Å². The smallest absolute Gasteiger partial charge is 0.170 e. The highest BCUT2D eigenvalue weighted by Gasteiger charge is 2.19. The minimum atomic E-state index is 0.722. The van der Waals surface area contributed by atoms with Gasteiger partial charge in [0.25, 0.3) is 0 Å². The van der Waals surface area contributed by atoms with E-state index in [0.29, 0.717) is 0 Å². The lowest BCUT2D eigenvalue weighted by Gasteiger charge is -2.35. The van der Waals surface area contributed by atoms with E-state index >= 15 is 0 Å². The molecule has 0 amide bonds. The maximum atomic E-state index is 5.38. The second-order valence-corrected chi connectivity index (χ2v) is 6.79. The summed E-state index contributed by atoms with van der Waals surface area (Å²) in [6, 6.07) is 9.27. The van der Waals surface area contributed by atoms with Crippen molar-refractivity contribution in [3.63, 3.8) is 0 Å². The molecule has 1 saturated heterocycles. The Morgan fingerprint density at radius 1 is 1.22 bits per heavy atom. The van der Waals surface area contributed by atoms with Gasteiger partial charge in [0.05, 0.1) is 0 Å². The fourth-order valence-electron chi connectivity index (χ4n) is 3.30. The van der Waals surface area contributed by atoms with E-state index in [1.165, 1.54) is 44.3 Å². The molecule has 23 heavy (non-hydrogen) atoms. The molecule has 1 aliphatic heterocycles. The van der Waals surface area contributed by atoms with Crippen molar-refractivity contribution < 1.29 is 0 Å². The standard InChI is InChI=1S/C19H31N3S/c1-3-16-9-11-17(12-10-16)21-19(23)20-13-7-15-22-14-6-5-8-18(22)4-2/h9-12,18H,3-8,13-15H2,1-2H3,(H2,20,21,23). The summed E-state index contributed by atoms with van der Waals surface area (Å²) in [6.45, 7) is 7.86. The van der Waals surface area contributed by atoms with Gasteiger partial charge in [-0.15, -0.1) is 0 Å². The van der Waals surface area contributed by atoms with Crippen molar-refractivity contribution in [2.45, 2.75) is 58.4 Å². The molecular formula is C19H31N3S. The SMILES string of the molecule is CCc1ccc(NC(=S)NCCCN2CCCCC2CC)cc1. The number of likely N-dealkylation sites (tertiary alicyclic amines) is 1. The summed E-state index contributed by atoms with van der Waals surface area (Å²) in [5.41, 5.74) is 2.41. The molecule has 0 aliphatic carbocycles. The topological polar surface area (TPSA) is 27.3 Å². The third kappa shape index (κ3) is 6.11. The monoisotopic (exact) mass is 333 g/mol. The molecule has 1 aromatic carbocycles. The van der Waals surface area contributed by atoms with Crippen LogP contribution in [0.2, 0.25) is 0 Å². The molecular weight excluding hydrogens is 302 g/mol. The van der Waals surface area contributed by atoms with Crippen LogP contribution in [0.1, 0.15) is 51.5 Å². The van der Waals surface area contributed by atoms with Crippen LogP contribution < -0.4 is 10.6 Å². The molecule has 2 N–H and O–H groups in total. The number of hydrogen-bond donors (Lipinski definition) is 2. The van der Waals surface area contributed by atoms with Crippen molar-refractivity contribution in [2.75, 3.05) is 25.0 Å². The van der Waals surface area contributed by atoms with Gasteiger partial charge < -0.3 is 15.5 Å². The minimum absolute atomic E-state index is 0.722. The Kier molecular flexibility index (Phi) is 7.83. The zero-order valence-corrected chi connectivity index (χ0v) is 15.4. The number of piperidine rings is 1. The number of thiocarbonyl (C=S) groups is 1. The lowest BCUT2D eigenvalue weighted by atomic mass is 10.00. The zero-order valence-electron chi connectivity index (χ0n) is 14.6. The van der Waals surface area contributed by atoms with Crippen molar-refractivity contribution in [3.05, 3.63) is 29.8 Å². The summed E-state index contributed by atoms with van der Waals surface area (Å²) < 4.78 is 0. The van der Waals surface area contributed by atoms with Crippen molar-refractivity contribution in [1.82, 2.24) is 10.2 Å². The molecule has 0 radical (unpaired) electrons. The van der Waals surface area contributed by atoms with Gasteiger partial charge in [-0.2, -0.15) is 0 Å². The van der Waals surface area contributed by atoms with E-state index in [0.717, 1.165) is 36.2 Å². The zero-order chi connectivity index (χ0) is 16.5. The average Bonchev–Trinajstić information content (AvgIpc) is 2.59. The van der Waals surface area contributed by atoms with E-state index in [2.05, 4.69) is 53.6 Å². The van der Waals surface area contributed by atoms with Gasteiger partial charge in [-0.05, 0) is 68.6 Å².